The van der Waals surface area contributed by atoms with E-state index in [1.54, 1.807) is 0 Å². The van der Waals surface area contributed by atoms with Crippen molar-refractivity contribution >= 4 is 5.97 Å². The van der Waals surface area contributed by atoms with E-state index >= 15 is 0 Å². The van der Waals surface area contributed by atoms with Crippen molar-refractivity contribution in [1.82, 2.24) is 4.90 Å². The van der Waals surface area contributed by atoms with Crippen LogP contribution in [0.4, 0.5) is 0 Å². The molecule has 0 aliphatic carbocycles. The number of fused-ring (bicyclic) bond motifs is 1. The summed E-state index contributed by atoms with van der Waals surface area (Å²) < 4.78 is 11.1. The summed E-state index contributed by atoms with van der Waals surface area (Å²) in [5.74, 6) is 0.0636. The smallest absolute Gasteiger partial charge is 0.310 e. The third-order valence-electron chi connectivity index (χ3n) is 4.50. The molecule has 1 fully saturated rings. The van der Waals surface area contributed by atoms with E-state index in [1.165, 1.54) is 5.56 Å². The maximum atomic E-state index is 11.3. The summed E-state index contributed by atoms with van der Waals surface area (Å²) in [6.45, 7) is 5.18. The third-order valence-corrected chi connectivity index (χ3v) is 4.50. The van der Waals surface area contributed by atoms with Crippen LogP contribution >= 0.6 is 0 Å². The second-order valence-corrected chi connectivity index (χ2v) is 5.68. The number of carboxylic acid groups (broad SMARTS) is 1. The van der Waals surface area contributed by atoms with Crippen molar-refractivity contribution in [2.45, 2.75) is 18.9 Å². The summed E-state index contributed by atoms with van der Waals surface area (Å²) in [4.78, 5) is 13.6. The topological polar surface area (TPSA) is 59.0 Å². The molecule has 0 amide bonds. The first-order chi connectivity index (χ1) is 10.2. The molecule has 5 nitrogen and oxygen atoms in total. The van der Waals surface area contributed by atoms with Gasteiger partial charge in [0.1, 0.15) is 5.75 Å². The molecule has 0 aromatic heterocycles. The van der Waals surface area contributed by atoms with Gasteiger partial charge in [0.05, 0.1) is 25.7 Å². The van der Waals surface area contributed by atoms with Gasteiger partial charge in [-0.05, 0) is 12.6 Å². The molecule has 0 saturated carbocycles. The number of likely N-dealkylation sites (N-methyl/N-ethyl adjacent to an activating group) is 1. The zero-order chi connectivity index (χ0) is 14.8. The van der Waals surface area contributed by atoms with Crippen molar-refractivity contribution in [2.75, 3.05) is 32.9 Å². The van der Waals surface area contributed by atoms with E-state index in [2.05, 4.69) is 17.9 Å². The summed E-state index contributed by atoms with van der Waals surface area (Å²) in [6.07, 6.45) is 0. The Bertz CT molecular complexity index is 519. The minimum atomic E-state index is -0.765. The van der Waals surface area contributed by atoms with Crippen LogP contribution in [0.25, 0.3) is 0 Å². The summed E-state index contributed by atoms with van der Waals surface area (Å²) in [5.41, 5.74) is 1.22. The fourth-order valence-corrected chi connectivity index (χ4v) is 3.30. The predicted octanol–water partition coefficient (Wildman–Crippen LogP) is 1.58. The summed E-state index contributed by atoms with van der Waals surface area (Å²) in [5, 5.41) is 9.32. The molecule has 2 aliphatic heterocycles. The molecule has 3 atom stereocenters. The Labute approximate surface area is 124 Å². The quantitative estimate of drug-likeness (QED) is 0.892. The standard InChI is InChI=1S/C16H21NO4/c1-2-17(14-10-20-9-13(14)16(18)19)7-11-8-21-15-6-4-3-5-12(11)15/h3-6,11,13-14H,2,7-10H2,1H3,(H,18,19). The SMILES string of the molecule is CCN(CC1COc2ccccc21)C1COCC1C(=O)O. The van der Waals surface area contributed by atoms with E-state index in [4.69, 9.17) is 9.47 Å². The highest BCUT2D eigenvalue weighted by Gasteiger charge is 2.39. The van der Waals surface area contributed by atoms with Crippen LogP contribution in [0, 0.1) is 5.92 Å². The number of hydrogen-bond donors (Lipinski definition) is 1. The van der Waals surface area contributed by atoms with E-state index < -0.39 is 11.9 Å². The fraction of sp³-hybridized carbons (Fsp3) is 0.562. The monoisotopic (exact) mass is 291 g/mol. The first-order valence-corrected chi connectivity index (χ1v) is 7.47. The highest BCUT2D eigenvalue weighted by molar-refractivity contribution is 5.71. The van der Waals surface area contributed by atoms with Crippen molar-refractivity contribution in [1.29, 1.82) is 0 Å². The van der Waals surface area contributed by atoms with Crippen LogP contribution in [0.2, 0.25) is 0 Å². The molecule has 0 bridgehead atoms. The number of para-hydroxylation sites is 1. The largest absolute Gasteiger partial charge is 0.493 e. The van der Waals surface area contributed by atoms with Gasteiger partial charge < -0.3 is 14.6 Å². The first-order valence-electron chi connectivity index (χ1n) is 7.47. The van der Waals surface area contributed by atoms with Crippen molar-refractivity contribution in [3.05, 3.63) is 29.8 Å². The van der Waals surface area contributed by atoms with Crippen LogP contribution in [-0.4, -0.2) is 54.9 Å². The number of aliphatic carboxylic acids is 1. The van der Waals surface area contributed by atoms with Gasteiger partial charge in [0.25, 0.3) is 0 Å². The fourth-order valence-electron chi connectivity index (χ4n) is 3.30. The van der Waals surface area contributed by atoms with Crippen LogP contribution in [-0.2, 0) is 9.53 Å². The van der Waals surface area contributed by atoms with Gasteiger partial charge in [0.15, 0.2) is 0 Å². The maximum Gasteiger partial charge on any atom is 0.310 e. The molecule has 1 aromatic rings. The van der Waals surface area contributed by atoms with Crippen LogP contribution in [0.1, 0.15) is 18.4 Å². The lowest BCUT2D eigenvalue weighted by Gasteiger charge is -2.31. The lowest BCUT2D eigenvalue weighted by molar-refractivity contribution is -0.143. The predicted molar refractivity (Wildman–Crippen MR) is 77.7 cm³/mol. The normalized spacial score (nSPS) is 27.6. The number of ether oxygens (including phenoxy) is 2. The Hall–Kier alpha value is -1.59. The Balaban J connectivity index is 1.72. The van der Waals surface area contributed by atoms with Crippen LogP contribution in [0.3, 0.4) is 0 Å². The van der Waals surface area contributed by atoms with Gasteiger partial charge in [-0.15, -0.1) is 0 Å². The molecule has 21 heavy (non-hydrogen) atoms. The van der Waals surface area contributed by atoms with E-state index in [1.807, 2.05) is 18.2 Å². The van der Waals surface area contributed by atoms with Crippen molar-refractivity contribution in [3.8, 4) is 5.75 Å². The molecule has 2 heterocycles. The molecular weight excluding hydrogens is 270 g/mol. The van der Waals surface area contributed by atoms with Gasteiger partial charge in [-0.3, -0.25) is 9.69 Å². The summed E-state index contributed by atoms with van der Waals surface area (Å²) in [6, 6.07) is 8.05. The van der Waals surface area contributed by atoms with Crippen molar-refractivity contribution in [2.24, 2.45) is 5.92 Å². The van der Waals surface area contributed by atoms with Crippen molar-refractivity contribution in [3.63, 3.8) is 0 Å². The van der Waals surface area contributed by atoms with E-state index in [9.17, 15) is 9.90 Å². The van der Waals surface area contributed by atoms with Gasteiger partial charge in [-0.1, -0.05) is 25.1 Å². The molecule has 5 heteroatoms. The molecule has 1 aromatic carbocycles. The number of carboxylic acids is 1. The minimum absolute atomic E-state index is 0.0414. The number of rotatable bonds is 5. The second kappa shape index (κ2) is 6.03. The van der Waals surface area contributed by atoms with Crippen LogP contribution in [0.5, 0.6) is 5.75 Å². The molecule has 0 spiro atoms. The Morgan fingerprint density at radius 1 is 1.33 bits per heavy atom. The maximum absolute atomic E-state index is 11.3. The van der Waals surface area contributed by atoms with Crippen LogP contribution in [0.15, 0.2) is 24.3 Å². The lowest BCUT2D eigenvalue weighted by Crippen LogP contribution is -2.45. The average molecular weight is 291 g/mol. The molecule has 114 valence electrons. The summed E-state index contributed by atoms with van der Waals surface area (Å²) in [7, 11) is 0. The molecular formula is C16H21NO4. The molecule has 1 N–H and O–H groups in total. The molecule has 2 aliphatic rings. The molecule has 1 saturated heterocycles. The minimum Gasteiger partial charge on any atom is -0.493 e. The zero-order valence-electron chi connectivity index (χ0n) is 12.2. The van der Waals surface area contributed by atoms with Gasteiger partial charge in [0.2, 0.25) is 0 Å². The van der Waals surface area contributed by atoms with E-state index in [0.717, 1.165) is 18.8 Å². The number of benzene rings is 1. The molecule has 3 rings (SSSR count). The van der Waals surface area contributed by atoms with Crippen LogP contribution < -0.4 is 4.74 Å². The Morgan fingerprint density at radius 2 is 2.14 bits per heavy atom. The number of nitrogens with zero attached hydrogens (tertiary/aromatic N) is 1. The molecule has 3 unspecified atom stereocenters. The van der Waals surface area contributed by atoms with Gasteiger partial charge in [-0.2, -0.15) is 0 Å². The number of hydrogen-bond acceptors (Lipinski definition) is 4. The number of carbonyl (C=O) groups is 1. The van der Waals surface area contributed by atoms with Gasteiger partial charge >= 0.3 is 5.97 Å². The first kappa shape index (κ1) is 14.4. The van der Waals surface area contributed by atoms with E-state index in [0.29, 0.717) is 25.7 Å². The average Bonchev–Trinajstić information content (AvgIpc) is 3.12. The van der Waals surface area contributed by atoms with Crippen molar-refractivity contribution < 1.29 is 19.4 Å². The zero-order valence-corrected chi connectivity index (χ0v) is 12.2. The third kappa shape index (κ3) is 2.76. The summed E-state index contributed by atoms with van der Waals surface area (Å²) >= 11 is 0. The van der Waals surface area contributed by atoms with E-state index in [-0.39, 0.29) is 6.04 Å². The highest BCUT2D eigenvalue weighted by Crippen LogP contribution is 2.35. The highest BCUT2D eigenvalue weighted by atomic mass is 16.5. The van der Waals surface area contributed by atoms with Gasteiger partial charge in [0, 0.05) is 24.1 Å². The Morgan fingerprint density at radius 3 is 2.90 bits per heavy atom. The lowest BCUT2D eigenvalue weighted by atomic mass is 9.97. The Kier molecular flexibility index (Phi) is 4.12. The second-order valence-electron chi connectivity index (χ2n) is 5.68. The molecule has 0 radical (unpaired) electrons. The van der Waals surface area contributed by atoms with Gasteiger partial charge in [-0.25, -0.2) is 0 Å².